The smallest absolute Gasteiger partial charge is 0.374 e. The van der Waals surface area contributed by atoms with E-state index in [1.165, 1.54) is 0 Å². The van der Waals surface area contributed by atoms with E-state index in [0.29, 0.717) is 10.9 Å². The fourth-order valence-corrected chi connectivity index (χ4v) is 2.58. The quantitative estimate of drug-likeness (QED) is 0.676. The molecule has 0 spiro atoms. The summed E-state index contributed by atoms with van der Waals surface area (Å²) in [5.41, 5.74) is 1.97. The van der Waals surface area contributed by atoms with Crippen LogP contribution in [-0.2, 0) is 4.74 Å². The second kappa shape index (κ2) is 5.05. The van der Waals surface area contributed by atoms with Gasteiger partial charge in [-0.3, -0.25) is 0 Å². The zero-order chi connectivity index (χ0) is 15.0. The molecule has 3 rings (SSSR count). The maximum atomic E-state index is 12.1. The first-order valence-corrected chi connectivity index (χ1v) is 6.75. The van der Waals surface area contributed by atoms with E-state index >= 15 is 0 Å². The van der Waals surface area contributed by atoms with E-state index in [2.05, 4.69) is 0 Å². The fraction of sp³-hybridized carbons (Fsp3) is 0.176. The zero-order valence-corrected chi connectivity index (χ0v) is 11.8. The van der Waals surface area contributed by atoms with Gasteiger partial charge in [-0.25, -0.2) is 9.59 Å². The van der Waals surface area contributed by atoms with Crippen LogP contribution in [0.25, 0.3) is 21.9 Å². The molecule has 0 N–H and O–H groups in total. The molecule has 0 radical (unpaired) electrons. The lowest BCUT2D eigenvalue weighted by Gasteiger charge is -2.05. The van der Waals surface area contributed by atoms with Gasteiger partial charge < -0.3 is 9.15 Å². The predicted octanol–water partition coefficient (Wildman–Crippen LogP) is 3.38. The molecule has 0 saturated heterocycles. The van der Waals surface area contributed by atoms with Gasteiger partial charge in [0.05, 0.1) is 12.0 Å². The first-order valence-electron chi connectivity index (χ1n) is 6.75. The Labute approximate surface area is 121 Å². The third-order valence-corrected chi connectivity index (χ3v) is 3.50. The van der Waals surface area contributed by atoms with Gasteiger partial charge in [-0.05, 0) is 31.0 Å². The van der Waals surface area contributed by atoms with Gasteiger partial charge in [0.2, 0.25) is 5.76 Å². The molecule has 0 unspecified atom stereocenters. The van der Waals surface area contributed by atoms with Crippen molar-refractivity contribution in [2.45, 2.75) is 13.8 Å². The molecule has 0 aromatic carbocycles. The summed E-state index contributed by atoms with van der Waals surface area (Å²) in [6, 6.07) is 11.4. The van der Waals surface area contributed by atoms with Crippen LogP contribution >= 0.6 is 0 Å². The Morgan fingerprint density at radius 2 is 2.00 bits per heavy atom. The molecule has 21 heavy (non-hydrogen) atoms. The molecule has 0 amide bonds. The van der Waals surface area contributed by atoms with E-state index in [9.17, 15) is 9.59 Å². The number of hydrogen-bond acceptors (Lipinski definition) is 4. The molecule has 0 saturated carbocycles. The summed E-state index contributed by atoms with van der Waals surface area (Å²) in [6.45, 7) is 3.71. The van der Waals surface area contributed by atoms with Crippen molar-refractivity contribution in [1.29, 1.82) is 0 Å². The number of rotatable bonds is 2. The molecule has 0 aliphatic heterocycles. The topological polar surface area (TPSA) is 56.5 Å². The lowest BCUT2D eigenvalue weighted by atomic mass is 10.1. The van der Waals surface area contributed by atoms with Gasteiger partial charge >= 0.3 is 11.6 Å². The van der Waals surface area contributed by atoms with Crippen LogP contribution in [0.15, 0.2) is 45.6 Å². The van der Waals surface area contributed by atoms with Crippen molar-refractivity contribution in [3.8, 4) is 11.1 Å². The molecule has 2 aliphatic rings. The Morgan fingerprint density at radius 1 is 1.24 bits per heavy atom. The number of esters is 1. The largest absolute Gasteiger partial charge is 0.460 e. The van der Waals surface area contributed by atoms with Crippen LogP contribution < -0.4 is 5.63 Å². The van der Waals surface area contributed by atoms with Crippen molar-refractivity contribution < 1.29 is 13.9 Å². The van der Waals surface area contributed by atoms with Gasteiger partial charge in [-0.15, -0.1) is 0 Å². The van der Waals surface area contributed by atoms with E-state index in [4.69, 9.17) is 9.15 Å². The Balaban J connectivity index is 2.39. The number of carbonyl (C=O) groups is 1. The molecule has 4 heteroatoms. The normalized spacial score (nSPS) is 11.0. The van der Waals surface area contributed by atoms with Crippen LogP contribution in [0.5, 0.6) is 0 Å². The number of ether oxygens (including phenoxy) is 1. The van der Waals surface area contributed by atoms with Crippen LogP contribution in [0.3, 0.4) is 0 Å². The van der Waals surface area contributed by atoms with E-state index in [1.54, 1.807) is 19.9 Å². The van der Waals surface area contributed by atoms with Crippen LogP contribution in [0.1, 0.15) is 23.0 Å². The van der Waals surface area contributed by atoms with Gasteiger partial charge in [-0.1, -0.05) is 30.3 Å². The molecule has 106 valence electrons. The summed E-state index contributed by atoms with van der Waals surface area (Å²) < 4.78 is 10.1. The first kappa shape index (κ1) is 13.4. The van der Waals surface area contributed by atoms with Crippen molar-refractivity contribution in [3.63, 3.8) is 0 Å². The first-order chi connectivity index (χ1) is 10.1. The summed E-state index contributed by atoms with van der Waals surface area (Å²) in [6.07, 6.45) is 0. The second-order valence-electron chi connectivity index (χ2n) is 4.78. The Morgan fingerprint density at radius 3 is 2.76 bits per heavy atom. The Bertz CT molecular complexity index is 860. The lowest BCUT2D eigenvalue weighted by Crippen LogP contribution is -2.11. The zero-order valence-electron chi connectivity index (χ0n) is 11.8. The molecule has 0 bridgehead atoms. The van der Waals surface area contributed by atoms with Crippen molar-refractivity contribution in [2.24, 2.45) is 0 Å². The highest BCUT2D eigenvalue weighted by Gasteiger charge is 2.22. The fourth-order valence-electron chi connectivity index (χ4n) is 2.58. The molecular weight excluding hydrogens is 268 g/mol. The lowest BCUT2D eigenvalue weighted by molar-refractivity contribution is 0.0484. The summed E-state index contributed by atoms with van der Waals surface area (Å²) >= 11 is 0. The molecular formula is C17H14O4. The molecule has 1 aromatic heterocycles. The summed E-state index contributed by atoms with van der Waals surface area (Å²) in [5.74, 6) is -0.628. The van der Waals surface area contributed by atoms with E-state index in [-0.39, 0.29) is 12.4 Å². The number of aryl methyl sites for hydroxylation is 1. The minimum absolute atomic E-state index is 0.0200. The van der Waals surface area contributed by atoms with Gasteiger partial charge in [-0.2, -0.15) is 0 Å². The number of carbonyl (C=O) groups excluding carboxylic acids is 1. The monoisotopic (exact) mass is 282 g/mol. The molecule has 1 heterocycles. The molecule has 4 nitrogen and oxygen atoms in total. The van der Waals surface area contributed by atoms with Gasteiger partial charge in [0.1, 0.15) is 0 Å². The minimum atomic E-state index is -0.608. The Hall–Kier alpha value is -2.62. The van der Waals surface area contributed by atoms with Crippen LogP contribution in [0, 0.1) is 6.92 Å². The summed E-state index contributed by atoms with van der Waals surface area (Å²) in [4.78, 5) is 24.1. The van der Waals surface area contributed by atoms with Gasteiger partial charge in [0.25, 0.3) is 0 Å². The van der Waals surface area contributed by atoms with Crippen LogP contribution in [0.4, 0.5) is 0 Å². The number of fused-ring (bicyclic) bond motifs is 3. The van der Waals surface area contributed by atoms with E-state index in [1.807, 2.05) is 30.3 Å². The average molecular weight is 282 g/mol. The third-order valence-electron chi connectivity index (χ3n) is 3.50. The number of hydrogen-bond donors (Lipinski definition) is 0. The Kier molecular flexibility index (Phi) is 3.22. The highest BCUT2D eigenvalue weighted by atomic mass is 16.5. The molecule has 0 atom stereocenters. The van der Waals surface area contributed by atoms with Crippen LogP contribution in [0.2, 0.25) is 0 Å². The van der Waals surface area contributed by atoms with Crippen molar-refractivity contribution in [3.05, 3.63) is 58.1 Å². The van der Waals surface area contributed by atoms with Gasteiger partial charge in [0, 0.05) is 10.9 Å². The van der Waals surface area contributed by atoms with Crippen LogP contribution in [-0.4, -0.2) is 12.6 Å². The minimum Gasteiger partial charge on any atom is -0.460 e. The summed E-state index contributed by atoms with van der Waals surface area (Å²) in [7, 11) is 0. The molecule has 0 fully saturated rings. The van der Waals surface area contributed by atoms with Crippen molar-refractivity contribution in [1.82, 2.24) is 0 Å². The predicted molar refractivity (Wildman–Crippen MR) is 79.8 cm³/mol. The maximum absolute atomic E-state index is 12.1. The van der Waals surface area contributed by atoms with Crippen molar-refractivity contribution in [2.75, 3.05) is 6.61 Å². The molecule has 2 aliphatic carbocycles. The highest BCUT2D eigenvalue weighted by molar-refractivity contribution is 6.06. The van der Waals surface area contributed by atoms with E-state index in [0.717, 1.165) is 16.5 Å². The van der Waals surface area contributed by atoms with E-state index < -0.39 is 11.6 Å². The standard InChI is InChI=1S/C17H14O4/c1-3-20-17(19)15-10(2)14-12-8-6-4-5-7-11(12)9-13(14)16(18)21-15/h4-9H,3H2,1-2H3. The second-order valence-corrected chi connectivity index (χ2v) is 4.78. The molecule has 1 aromatic rings. The average Bonchev–Trinajstić information content (AvgIpc) is 2.67. The van der Waals surface area contributed by atoms with Crippen molar-refractivity contribution >= 4 is 16.7 Å². The third kappa shape index (κ3) is 2.09. The summed E-state index contributed by atoms with van der Waals surface area (Å²) in [5, 5.41) is 1.24. The SMILES string of the molecule is CCOC(=O)c1oc(=O)c2cc3cccccc-3c2c1C. The highest BCUT2D eigenvalue weighted by Crippen LogP contribution is 2.35. The maximum Gasteiger partial charge on any atom is 0.374 e. The van der Waals surface area contributed by atoms with Gasteiger partial charge in [0.15, 0.2) is 0 Å².